The van der Waals surface area contributed by atoms with E-state index in [9.17, 15) is 9.59 Å². The third-order valence-corrected chi connectivity index (χ3v) is 3.13. The van der Waals surface area contributed by atoms with Crippen LogP contribution in [-0.4, -0.2) is 18.9 Å². The van der Waals surface area contributed by atoms with Crippen LogP contribution in [0.4, 0.5) is 0 Å². The Hall–Kier alpha value is -1.12. The van der Waals surface area contributed by atoms with Gasteiger partial charge in [0, 0.05) is 12.5 Å². The van der Waals surface area contributed by atoms with Gasteiger partial charge in [0.1, 0.15) is 6.29 Å². The summed E-state index contributed by atoms with van der Waals surface area (Å²) in [4.78, 5) is 20.9. The average Bonchev–Trinajstić information content (AvgIpc) is 2.43. The number of ether oxygens (including phenoxy) is 1. The van der Waals surface area contributed by atoms with E-state index in [0.29, 0.717) is 6.61 Å². The predicted molar refractivity (Wildman–Crippen MR) is 78.0 cm³/mol. The minimum Gasteiger partial charge on any atom is -0.463 e. The number of esters is 1. The molecule has 0 aliphatic carbocycles. The molecule has 110 valence electrons. The summed E-state index contributed by atoms with van der Waals surface area (Å²) in [6, 6.07) is 0. The third-order valence-electron chi connectivity index (χ3n) is 3.13. The molecule has 0 aromatic carbocycles. The van der Waals surface area contributed by atoms with E-state index in [-0.39, 0.29) is 5.97 Å². The number of hydrogen-bond donors (Lipinski definition) is 0. The van der Waals surface area contributed by atoms with Crippen LogP contribution in [0, 0.1) is 0 Å². The summed E-state index contributed by atoms with van der Waals surface area (Å²) in [5.74, 6) is -0.324. The van der Waals surface area contributed by atoms with Crippen molar-refractivity contribution in [1.82, 2.24) is 0 Å². The van der Waals surface area contributed by atoms with Crippen LogP contribution in [0.5, 0.6) is 0 Å². The molecule has 0 radical (unpaired) electrons. The SMILES string of the molecule is C=CC(=O)OCCCCCCCCCCCCC=O. The van der Waals surface area contributed by atoms with E-state index >= 15 is 0 Å². The second kappa shape index (κ2) is 14.9. The monoisotopic (exact) mass is 268 g/mol. The minimum absolute atomic E-state index is 0.324. The van der Waals surface area contributed by atoms with Gasteiger partial charge in [-0.2, -0.15) is 0 Å². The van der Waals surface area contributed by atoms with Gasteiger partial charge in [-0.1, -0.05) is 57.9 Å². The molecule has 0 rings (SSSR count). The first-order valence-corrected chi connectivity index (χ1v) is 7.54. The molecule has 19 heavy (non-hydrogen) atoms. The van der Waals surface area contributed by atoms with Gasteiger partial charge in [-0.05, 0) is 12.8 Å². The van der Waals surface area contributed by atoms with Crippen molar-refractivity contribution in [1.29, 1.82) is 0 Å². The van der Waals surface area contributed by atoms with Crippen LogP contribution in [0.1, 0.15) is 70.6 Å². The van der Waals surface area contributed by atoms with Gasteiger partial charge in [0.25, 0.3) is 0 Å². The van der Waals surface area contributed by atoms with Crippen molar-refractivity contribution in [2.75, 3.05) is 6.61 Å². The zero-order valence-electron chi connectivity index (χ0n) is 12.1. The molecule has 3 heteroatoms. The van der Waals surface area contributed by atoms with E-state index in [1.165, 1.54) is 51.0 Å². The van der Waals surface area contributed by atoms with Gasteiger partial charge in [0.2, 0.25) is 0 Å². The van der Waals surface area contributed by atoms with Gasteiger partial charge in [0.15, 0.2) is 0 Å². The normalized spacial score (nSPS) is 10.1. The van der Waals surface area contributed by atoms with Gasteiger partial charge < -0.3 is 9.53 Å². The molecule has 0 heterocycles. The summed E-state index contributed by atoms with van der Waals surface area (Å²) in [5, 5.41) is 0. The highest BCUT2D eigenvalue weighted by atomic mass is 16.5. The lowest BCUT2D eigenvalue weighted by Crippen LogP contribution is -2.01. The molecule has 0 aliphatic rings. The second-order valence-electron chi connectivity index (χ2n) is 4.86. The first-order chi connectivity index (χ1) is 9.31. The molecule has 0 N–H and O–H groups in total. The first kappa shape index (κ1) is 17.9. The Labute approximate surface area is 117 Å². The zero-order chi connectivity index (χ0) is 14.2. The van der Waals surface area contributed by atoms with Gasteiger partial charge in [0.05, 0.1) is 6.61 Å². The van der Waals surface area contributed by atoms with E-state index in [1.807, 2.05) is 0 Å². The molecule has 0 saturated heterocycles. The number of carbonyl (C=O) groups excluding carboxylic acids is 2. The molecule has 0 aliphatic heterocycles. The number of aldehydes is 1. The quantitative estimate of drug-likeness (QED) is 0.205. The van der Waals surface area contributed by atoms with Crippen LogP contribution in [0.2, 0.25) is 0 Å². The fourth-order valence-electron chi connectivity index (χ4n) is 1.98. The first-order valence-electron chi connectivity index (χ1n) is 7.54. The number of unbranched alkanes of at least 4 members (excludes halogenated alkanes) is 10. The minimum atomic E-state index is -0.324. The van der Waals surface area contributed by atoms with Crippen molar-refractivity contribution in [2.24, 2.45) is 0 Å². The van der Waals surface area contributed by atoms with Gasteiger partial charge in [-0.15, -0.1) is 0 Å². The van der Waals surface area contributed by atoms with Crippen molar-refractivity contribution in [3.8, 4) is 0 Å². The van der Waals surface area contributed by atoms with Gasteiger partial charge in [-0.3, -0.25) is 0 Å². The van der Waals surface area contributed by atoms with Crippen molar-refractivity contribution in [3.63, 3.8) is 0 Å². The van der Waals surface area contributed by atoms with Crippen LogP contribution in [-0.2, 0) is 14.3 Å². The number of hydrogen-bond acceptors (Lipinski definition) is 3. The Morgan fingerprint density at radius 2 is 1.32 bits per heavy atom. The topological polar surface area (TPSA) is 43.4 Å². The Kier molecular flexibility index (Phi) is 14.1. The summed E-state index contributed by atoms with van der Waals surface area (Å²) in [5.41, 5.74) is 0. The van der Waals surface area contributed by atoms with Gasteiger partial charge in [-0.25, -0.2) is 4.79 Å². The van der Waals surface area contributed by atoms with Crippen molar-refractivity contribution >= 4 is 12.3 Å². The molecule has 0 spiro atoms. The second-order valence-corrected chi connectivity index (χ2v) is 4.86. The predicted octanol–water partition coefficient (Wildman–Crippen LogP) is 4.21. The average molecular weight is 268 g/mol. The molecular weight excluding hydrogens is 240 g/mol. The van der Waals surface area contributed by atoms with Gasteiger partial charge >= 0.3 is 5.97 Å². The third kappa shape index (κ3) is 14.8. The van der Waals surface area contributed by atoms with Crippen LogP contribution >= 0.6 is 0 Å². The molecule has 0 bridgehead atoms. The van der Waals surface area contributed by atoms with Crippen LogP contribution in [0.15, 0.2) is 12.7 Å². The highest BCUT2D eigenvalue weighted by Crippen LogP contribution is 2.11. The number of rotatable bonds is 14. The molecule has 0 fully saturated rings. The molecule has 0 amide bonds. The standard InChI is InChI=1S/C16H28O3/c1-2-16(18)19-15-13-11-9-7-5-3-4-6-8-10-12-14-17/h2,14H,1,3-13,15H2. The van der Waals surface area contributed by atoms with E-state index < -0.39 is 0 Å². The van der Waals surface area contributed by atoms with Crippen LogP contribution in [0.3, 0.4) is 0 Å². The highest BCUT2D eigenvalue weighted by molar-refractivity contribution is 5.81. The van der Waals surface area contributed by atoms with Crippen LogP contribution in [0.25, 0.3) is 0 Å². The molecular formula is C16H28O3. The van der Waals surface area contributed by atoms with Crippen molar-refractivity contribution < 1.29 is 14.3 Å². The molecule has 3 nitrogen and oxygen atoms in total. The zero-order valence-corrected chi connectivity index (χ0v) is 12.1. The van der Waals surface area contributed by atoms with E-state index in [2.05, 4.69) is 6.58 Å². The van der Waals surface area contributed by atoms with Crippen molar-refractivity contribution in [3.05, 3.63) is 12.7 Å². The number of carbonyl (C=O) groups is 2. The highest BCUT2D eigenvalue weighted by Gasteiger charge is 1.96. The molecule has 0 aromatic rings. The molecule has 0 aromatic heterocycles. The fourth-order valence-corrected chi connectivity index (χ4v) is 1.98. The molecule has 0 atom stereocenters. The lowest BCUT2D eigenvalue weighted by molar-refractivity contribution is -0.137. The fraction of sp³-hybridized carbons (Fsp3) is 0.750. The maximum absolute atomic E-state index is 10.8. The maximum Gasteiger partial charge on any atom is 0.330 e. The summed E-state index contributed by atoms with van der Waals surface area (Å²) in [7, 11) is 0. The lowest BCUT2D eigenvalue weighted by Gasteiger charge is -2.03. The Morgan fingerprint density at radius 1 is 0.842 bits per heavy atom. The Morgan fingerprint density at radius 3 is 1.79 bits per heavy atom. The molecule has 0 saturated carbocycles. The lowest BCUT2D eigenvalue weighted by atomic mass is 10.1. The Bertz CT molecular complexity index is 236. The smallest absolute Gasteiger partial charge is 0.330 e. The van der Waals surface area contributed by atoms with E-state index in [0.717, 1.165) is 32.0 Å². The summed E-state index contributed by atoms with van der Waals surface area (Å²) in [6.45, 7) is 3.86. The summed E-state index contributed by atoms with van der Waals surface area (Å²) >= 11 is 0. The molecule has 0 unspecified atom stereocenters. The van der Waals surface area contributed by atoms with E-state index in [4.69, 9.17) is 4.74 Å². The maximum atomic E-state index is 10.8. The summed E-state index contributed by atoms with van der Waals surface area (Å²) in [6.07, 6.45) is 14.9. The summed E-state index contributed by atoms with van der Waals surface area (Å²) < 4.78 is 4.90. The van der Waals surface area contributed by atoms with Crippen LogP contribution < -0.4 is 0 Å². The van der Waals surface area contributed by atoms with E-state index in [1.54, 1.807) is 0 Å². The largest absolute Gasteiger partial charge is 0.463 e. The van der Waals surface area contributed by atoms with Crippen molar-refractivity contribution in [2.45, 2.75) is 70.6 Å². The Balaban J connectivity index is 3.00.